The summed E-state index contributed by atoms with van der Waals surface area (Å²) in [5.41, 5.74) is 2.87. The summed E-state index contributed by atoms with van der Waals surface area (Å²) in [5.74, 6) is -0.181. The van der Waals surface area contributed by atoms with Crippen LogP contribution in [0.1, 0.15) is 31.9 Å². The molecule has 0 unspecified atom stereocenters. The Kier molecular flexibility index (Phi) is 3.22. The third-order valence-corrected chi connectivity index (χ3v) is 3.01. The lowest BCUT2D eigenvalue weighted by Gasteiger charge is -2.18. The molecule has 1 saturated heterocycles. The van der Waals surface area contributed by atoms with Gasteiger partial charge >= 0.3 is 0 Å². The average molecular weight is 260 g/mol. The van der Waals surface area contributed by atoms with Crippen LogP contribution in [0.15, 0.2) is 30.0 Å². The summed E-state index contributed by atoms with van der Waals surface area (Å²) in [6, 6.07) is 8.17. The summed E-state index contributed by atoms with van der Waals surface area (Å²) in [5, 5.41) is 5.72. The van der Waals surface area contributed by atoms with Gasteiger partial charge in [-0.1, -0.05) is 45.0 Å². The lowest BCUT2D eigenvalue weighted by Crippen LogP contribution is -2.21. The van der Waals surface area contributed by atoms with Gasteiger partial charge in [0.05, 0.1) is 0 Å². The topological polar surface area (TPSA) is 41.1 Å². The Balaban J connectivity index is 2.24. The highest BCUT2D eigenvalue weighted by Gasteiger charge is 2.20. The van der Waals surface area contributed by atoms with E-state index in [1.807, 2.05) is 12.1 Å². The van der Waals surface area contributed by atoms with Crippen LogP contribution in [-0.4, -0.2) is 11.0 Å². The van der Waals surface area contributed by atoms with Crippen molar-refractivity contribution in [2.24, 2.45) is 0 Å². The van der Waals surface area contributed by atoms with Gasteiger partial charge in [-0.25, -0.2) is 0 Å². The van der Waals surface area contributed by atoms with Crippen molar-refractivity contribution >= 4 is 29.3 Å². The normalized spacial score (nSPS) is 17.8. The molecule has 2 rings (SSSR count). The van der Waals surface area contributed by atoms with Crippen LogP contribution in [0, 0.1) is 0 Å². The quantitative estimate of drug-likeness (QED) is 0.601. The van der Waals surface area contributed by atoms with Crippen LogP contribution < -0.4 is 10.6 Å². The average Bonchev–Trinajstić information content (AvgIpc) is 2.57. The van der Waals surface area contributed by atoms with E-state index in [1.165, 1.54) is 5.56 Å². The molecule has 1 amide bonds. The van der Waals surface area contributed by atoms with Gasteiger partial charge in [0.25, 0.3) is 5.91 Å². The maximum atomic E-state index is 11.5. The first-order valence-electron chi connectivity index (χ1n) is 5.81. The molecule has 3 nitrogen and oxygen atoms in total. The smallest absolute Gasteiger partial charge is 0.273 e. The molecule has 18 heavy (non-hydrogen) atoms. The molecule has 1 aromatic rings. The molecule has 0 atom stereocenters. The Morgan fingerprint density at radius 3 is 2.17 bits per heavy atom. The van der Waals surface area contributed by atoms with Crippen molar-refractivity contribution in [1.29, 1.82) is 0 Å². The van der Waals surface area contributed by atoms with Gasteiger partial charge in [0.1, 0.15) is 5.70 Å². The summed E-state index contributed by atoms with van der Waals surface area (Å²) in [7, 11) is 0. The fourth-order valence-corrected chi connectivity index (χ4v) is 1.93. The third kappa shape index (κ3) is 2.76. The van der Waals surface area contributed by atoms with Crippen LogP contribution in [0.3, 0.4) is 0 Å². The first-order valence-corrected chi connectivity index (χ1v) is 6.22. The van der Waals surface area contributed by atoms with Crippen molar-refractivity contribution in [2.45, 2.75) is 26.2 Å². The predicted molar refractivity (Wildman–Crippen MR) is 77.0 cm³/mol. The Bertz CT molecular complexity index is 524. The minimum Gasteiger partial charge on any atom is -0.328 e. The van der Waals surface area contributed by atoms with Crippen LogP contribution in [0.2, 0.25) is 0 Å². The Morgan fingerprint density at radius 1 is 1.11 bits per heavy atom. The minimum absolute atomic E-state index is 0.135. The van der Waals surface area contributed by atoms with Crippen LogP contribution >= 0.6 is 12.2 Å². The van der Waals surface area contributed by atoms with Gasteiger partial charge in [-0.15, -0.1) is 0 Å². The molecule has 1 fully saturated rings. The van der Waals surface area contributed by atoms with E-state index in [9.17, 15) is 4.79 Å². The molecule has 0 aromatic heterocycles. The number of hydrogen-bond acceptors (Lipinski definition) is 2. The van der Waals surface area contributed by atoms with Gasteiger partial charge in [-0.2, -0.15) is 0 Å². The highest BCUT2D eigenvalue weighted by atomic mass is 32.1. The number of hydrogen-bond donors (Lipinski definition) is 2. The first-order chi connectivity index (χ1) is 8.36. The fraction of sp³-hybridized carbons (Fsp3) is 0.286. The molecule has 0 spiro atoms. The van der Waals surface area contributed by atoms with E-state index in [2.05, 4.69) is 43.5 Å². The molecule has 2 N–H and O–H groups in total. The second-order valence-corrected chi connectivity index (χ2v) is 5.75. The van der Waals surface area contributed by atoms with Gasteiger partial charge in [0.15, 0.2) is 5.11 Å². The zero-order valence-corrected chi connectivity index (χ0v) is 11.5. The largest absolute Gasteiger partial charge is 0.328 e. The summed E-state index contributed by atoms with van der Waals surface area (Å²) in [4.78, 5) is 11.5. The number of carbonyl (C=O) groups excluding carboxylic acids is 1. The first kappa shape index (κ1) is 12.8. The second kappa shape index (κ2) is 4.53. The van der Waals surface area contributed by atoms with Crippen molar-refractivity contribution in [3.05, 3.63) is 41.1 Å². The lowest BCUT2D eigenvalue weighted by atomic mass is 9.87. The zero-order chi connectivity index (χ0) is 13.3. The van der Waals surface area contributed by atoms with E-state index in [0.29, 0.717) is 10.8 Å². The van der Waals surface area contributed by atoms with Crippen molar-refractivity contribution in [3.8, 4) is 0 Å². The van der Waals surface area contributed by atoms with E-state index in [4.69, 9.17) is 12.2 Å². The van der Waals surface area contributed by atoms with Crippen molar-refractivity contribution in [2.75, 3.05) is 0 Å². The van der Waals surface area contributed by atoms with E-state index in [1.54, 1.807) is 6.08 Å². The standard InChI is InChI=1S/C14H16N2OS/c1-14(2,3)10-6-4-9(5-7-10)8-11-12(17)16-13(18)15-11/h4-8H,1-3H3,(H2,15,16,17,18). The summed E-state index contributed by atoms with van der Waals surface area (Å²) < 4.78 is 0. The Morgan fingerprint density at radius 2 is 1.72 bits per heavy atom. The molecule has 1 aliphatic heterocycles. The Hall–Kier alpha value is -1.68. The third-order valence-electron chi connectivity index (χ3n) is 2.81. The number of amides is 1. The predicted octanol–water partition coefficient (Wildman–Crippen LogP) is 2.33. The van der Waals surface area contributed by atoms with Crippen molar-refractivity contribution in [1.82, 2.24) is 10.6 Å². The van der Waals surface area contributed by atoms with Gasteiger partial charge in [-0.05, 0) is 34.8 Å². The number of carbonyl (C=O) groups is 1. The van der Waals surface area contributed by atoms with E-state index in [0.717, 1.165) is 5.56 Å². The van der Waals surface area contributed by atoms with Crippen LogP contribution in [-0.2, 0) is 10.2 Å². The van der Waals surface area contributed by atoms with Gasteiger partial charge in [0.2, 0.25) is 0 Å². The van der Waals surface area contributed by atoms with Crippen LogP contribution in [0.4, 0.5) is 0 Å². The molecule has 4 heteroatoms. The number of benzene rings is 1. The maximum absolute atomic E-state index is 11.5. The lowest BCUT2D eigenvalue weighted by molar-refractivity contribution is -0.115. The highest BCUT2D eigenvalue weighted by molar-refractivity contribution is 7.80. The van der Waals surface area contributed by atoms with Crippen molar-refractivity contribution in [3.63, 3.8) is 0 Å². The fourth-order valence-electron chi connectivity index (χ4n) is 1.73. The molecular weight excluding hydrogens is 244 g/mol. The molecule has 1 aliphatic rings. The zero-order valence-electron chi connectivity index (χ0n) is 10.7. The molecule has 1 heterocycles. The Labute approximate surface area is 112 Å². The number of rotatable bonds is 1. The van der Waals surface area contributed by atoms with Gasteiger partial charge in [0, 0.05) is 0 Å². The van der Waals surface area contributed by atoms with E-state index in [-0.39, 0.29) is 11.3 Å². The van der Waals surface area contributed by atoms with Crippen LogP contribution in [0.5, 0.6) is 0 Å². The molecular formula is C14H16N2OS. The number of thiocarbonyl (C=S) groups is 1. The maximum Gasteiger partial charge on any atom is 0.273 e. The monoisotopic (exact) mass is 260 g/mol. The van der Waals surface area contributed by atoms with E-state index >= 15 is 0 Å². The molecule has 0 aliphatic carbocycles. The second-order valence-electron chi connectivity index (χ2n) is 5.34. The summed E-state index contributed by atoms with van der Waals surface area (Å²) in [6.45, 7) is 6.51. The summed E-state index contributed by atoms with van der Waals surface area (Å²) >= 11 is 4.88. The van der Waals surface area contributed by atoms with Gasteiger partial charge in [-0.3, -0.25) is 10.1 Å². The molecule has 0 radical (unpaired) electrons. The van der Waals surface area contributed by atoms with Crippen LogP contribution in [0.25, 0.3) is 6.08 Å². The molecule has 0 saturated carbocycles. The van der Waals surface area contributed by atoms with Crippen molar-refractivity contribution < 1.29 is 4.79 Å². The highest BCUT2D eigenvalue weighted by Crippen LogP contribution is 2.22. The minimum atomic E-state index is -0.181. The molecule has 0 bridgehead atoms. The number of nitrogens with one attached hydrogen (secondary N) is 2. The van der Waals surface area contributed by atoms with E-state index < -0.39 is 0 Å². The molecule has 94 valence electrons. The SMILES string of the molecule is CC(C)(C)c1ccc(C=C2NC(=S)NC2=O)cc1. The summed E-state index contributed by atoms with van der Waals surface area (Å²) in [6.07, 6.45) is 1.79. The molecule has 1 aromatic carbocycles. The van der Waals surface area contributed by atoms with Gasteiger partial charge < -0.3 is 5.32 Å².